The maximum atomic E-state index is 11.9. The molecule has 1 amide bonds. The van der Waals surface area contributed by atoms with Crippen molar-refractivity contribution < 1.29 is 9.72 Å². The first-order valence-corrected chi connectivity index (χ1v) is 6.87. The van der Waals surface area contributed by atoms with E-state index in [0.717, 1.165) is 11.1 Å². The van der Waals surface area contributed by atoms with Crippen LogP contribution in [0.2, 0.25) is 0 Å². The van der Waals surface area contributed by atoms with Crippen LogP contribution in [0.4, 0.5) is 5.69 Å². The van der Waals surface area contributed by atoms with Crippen molar-refractivity contribution in [3.8, 4) is 0 Å². The van der Waals surface area contributed by atoms with Crippen molar-refractivity contribution in [3.05, 3.63) is 81.4 Å². The second-order valence-corrected chi connectivity index (χ2v) is 4.80. The summed E-state index contributed by atoms with van der Waals surface area (Å²) in [5, 5.41) is 14.4. The smallest absolute Gasteiger partial charge is 0.267 e. The second kappa shape index (κ2) is 7.65. The monoisotopic (exact) mass is 309 g/mol. The Hall–Kier alpha value is -3.28. The van der Waals surface area contributed by atoms with E-state index in [1.165, 1.54) is 30.5 Å². The molecule has 0 bridgehead atoms. The predicted octanol–water partition coefficient (Wildman–Crippen LogP) is 3.41. The summed E-state index contributed by atoms with van der Waals surface area (Å²) in [6.07, 6.45) is 3.47. The summed E-state index contributed by atoms with van der Waals surface area (Å²) >= 11 is 0. The van der Waals surface area contributed by atoms with Gasteiger partial charge < -0.3 is 0 Å². The number of hydrogen-bond acceptors (Lipinski definition) is 4. The average Bonchev–Trinajstić information content (AvgIpc) is 2.55. The first kappa shape index (κ1) is 16.1. The minimum absolute atomic E-state index is 0.0632. The fourth-order valence-corrected chi connectivity index (χ4v) is 1.84. The van der Waals surface area contributed by atoms with Gasteiger partial charge in [0.15, 0.2) is 0 Å². The Balaban J connectivity index is 1.95. The molecule has 0 heterocycles. The number of hydrazone groups is 1. The number of carbonyl (C=O) groups excluding carboxylic acids is 1. The first-order chi connectivity index (χ1) is 11.1. The van der Waals surface area contributed by atoms with Crippen LogP contribution in [-0.2, 0) is 0 Å². The number of hydrogen-bond donors (Lipinski definition) is 1. The normalized spacial score (nSPS) is 11.4. The minimum atomic E-state index is -0.516. The fourth-order valence-electron chi connectivity index (χ4n) is 1.84. The van der Waals surface area contributed by atoms with E-state index in [2.05, 4.69) is 10.5 Å². The minimum Gasteiger partial charge on any atom is -0.267 e. The molecule has 2 aromatic rings. The summed E-state index contributed by atoms with van der Waals surface area (Å²) in [6.45, 7) is 1.87. The van der Waals surface area contributed by atoms with Gasteiger partial charge >= 0.3 is 0 Å². The number of carbonyl (C=O) groups is 1. The molecule has 0 aromatic heterocycles. The van der Waals surface area contributed by atoms with Crippen LogP contribution in [0.3, 0.4) is 0 Å². The van der Waals surface area contributed by atoms with Crippen molar-refractivity contribution in [1.29, 1.82) is 0 Å². The predicted molar refractivity (Wildman–Crippen MR) is 89.1 cm³/mol. The molecule has 6 heteroatoms. The lowest BCUT2D eigenvalue weighted by atomic mass is 10.1. The van der Waals surface area contributed by atoms with Gasteiger partial charge in [-0.2, -0.15) is 5.10 Å². The van der Waals surface area contributed by atoms with Crippen molar-refractivity contribution in [2.75, 3.05) is 0 Å². The highest BCUT2D eigenvalue weighted by molar-refractivity contribution is 5.95. The average molecular weight is 309 g/mol. The third-order valence-electron chi connectivity index (χ3n) is 2.97. The maximum absolute atomic E-state index is 11.9. The molecule has 0 aliphatic carbocycles. The van der Waals surface area contributed by atoms with E-state index in [9.17, 15) is 14.9 Å². The third kappa shape index (κ3) is 4.89. The van der Waals surface area contributed by atoms with E-state index in [1.54, 1.807) is 0 Å². The molecule has 0 saturated carbocycles. The number of rotatable bonds is 5. The van der Waals surface area contributed by atoms with Crippen molar-refractivity contribution in [2.24, 2.45) is 5.10 Å². The Labute approximate surface area is 133 Å². The largest absolute Gasteiger partial charge is 0.271 e. The molecule has 0 fully saturated rings. The van der Waals surface area contributed by atoms with Crippen LogP contribution in [0.15, 0.2) is 65.3 Å². The lowest BCUT2D eigenvalue weighted by molar-refractivity contribution is -0.384. The molecule has 0 radical (unpaired) electrons. The molecule has 0 atom stereocenters. The summed E-state index contributed by atoms with van der Waals surface area (Å²) in [5.41, 5.74) is 4.54. The van der Waals surface area contributed by atoms with E-state index in [4.69, 9.17) is 0 Å². The van der Waals surface area contributed by atoms with Crippen molar-refractivity contribution in [2.45, 2.75) is 6.92 Å². The highest BCUT2D eigenvalue weighted by Gasteiger charge is 2.08. The molecular weight excluding hydrogens is 294 g/mol. The molecule has 6 nitrogen and oxygen atoms in total. The maximum Gasteiger partial charge on any atom is 0.271 e. The lowest BCUT2D eigenvalue weighted by Gasteiger charge is -1.99. The lowest BCUT2D eigenvalue weighted by Crippen LogP contribution is -2.17. The topological polar surface area (TPSA) is 84.6 Å². The van der Waals surface area contributed by atoms with Gasteiger partial charge in [-0.05, 0) is 30.2 Å². The van der Waals surface area contributed by atoms with Crippen molar-refractivity contribution in [3.63, 3.8) is 0 Å². The summed E-state index contributed by atoms with van der Waals surface area (Å²) in [7, 11) is 0. The first-order valence-electron chi connectivity index (χ1n) is 6.87. The van der Waals surface area contributed by atoms with Crippen LogP contribution in [0, 0.1) is 10.1 Å². The molecule has 116 valence electrons. The molecule has 23 heavy (non-hydrogen) atoms. The Morgan fingerprint density at radius 2 is 1.78 bits per heavy atom. The number of amides is 1. The van der Waals surface area contributed by atoms with E-state index in [1.807, 2.05) is 43.3 Å². The van der Waals surface area contributed by atoms with Gasteiger partial charge in [0.05, 0.1) is 11.1 Å². The quantitative estimate of drug-likeness (QED) is 0.522. The highest BCUT2D eigenvalue weighted by Crippen LogP contribution is 2.11. The molecular formula is C17H15N3O3. The zero-order chi connectivity index (χ0) is 16.7. The van der Waals surface area contributed by atoms with E-state index < -0.39 is 10.8 Å². The van der Waals surface area contributed by atoms with Gasteiger partial charge in [0.25, 0.3) is 11.6 Å². The molecule has 2 rings (SSSR count). The van der Waals surface area contributed by atoms with Gasteiger partial charge in [0.2, 0.25) is 0 Å². The van der Waals surface area contributed by atoms with Gasteiger partial charge in [0.1, 0.15) is 0 Å². The molecule has 0 spiro atoms. The molecule has 0 aliphatic heterocycles. The third-order valence-corrected chi connectivity index (χ3v) is 2.97. The van der Waals surface area contributed by atoms with Crippen molar-refractivity contribution >= 4 is 23.9 Å². The Bertz CT molecular complexity index is 750. The summed E-state index contributed by atoms with van der Waals surface area (Å²) in [4.78, 5) is 21.9. The van der Waals surface area contributed by atoms with Crippen molar-refractivity contribution in [1.82, 2.24) is 5.43 Å². The molecule has 0 saturated heterocycles. The highest BCUT2D eigenvalue weighted by atomic mass is 16.6. The summed E-state index contributed by atoms with van der Waals surface area (Å²) in [5.74, 6) is -0.427. The number of benzene rings is 2. The van der Waals surface area contributed by atoms with E-state index in [0.29, 0.717) is 5.56 Å². The van der Waals surface area contributed by atoms with Gasteiger partial charge in [0, 0.05) is 17.7 Å². The van der Waals surface area contributed by atoms with Crippen LogP contribution < -0.4 is 5.43 Å². The number of allylic oxidation sites excluding steroid dienone is 1. The van der Waals surface area contributed by atoms with Crippen LogP contribution in [0.25, 0.3) is 6.08 Å². The van der Waals surface area contributed by atoms with Gasteiger partial charge in [-0.15, -0.1) is 0 Å². The summed E-state index contributed by atoms with van der Waals surface area (Å²) < 4.78 is 0. The molecule has 0 aliphatic rings. The number of nitro benzene ring substituents is 1. The van der Waals surface area contributed by atoms with Gasteiger partial charge in [-0.1, -0.05) is 36.4 Å². The zero-order valence-electron chi connectivity index (χ0n) is 12.5. The van der Waals surface area contributed by atoms with Crippen LogP contribution in [-0.4, -0.2) is 17.0 Å². The molecule has 1 N–H and O–H groups in total. The standard InChI is InChI=1S/C17H15N3O3/c1-13(11-14-5-3-2-4-6-14)12-18-19-17(21)15-7-9-16(10-8-15)20(22)23/h2-12H,1H3,(H,19,21)/b13-11-,18-12?. The zero-order valence-corrected chi connectivity index (χ0v) is 12.5. The number of non-ortho nitro benzene ring substituents is 1. The SMILES string of the molecule is C/C(C=NNC(=O)c1ccc([N+](=O)[O-])cc1)=C/c1ccccc1. The van der Waals surface area contributed by atoms with Crippen LogP contribution >= 0.6 is 0 Å². The van der Waals surface area contributed by atoms with Gasteiger partial charge in [-0.3, -0.25) is 14.9 Å². The fraction of sp³-hybridized carbons (Fsp3) is 0.0588. The van der Waals surface area contributed by atoms with Crippen LogP contribution in [0.5, 0.6) is 0 Å². The molecule has 0 unspecified atom stereocenters. The Morgan fingerprint density at radius 1 is 1.13 bits per heavy atom. The Morgan fingerprint density at radius 3 is 2.39 bits per heavy atom. The van der Waals surface area contributed by atoms with Gasteiger partial charge in [-0.25, -0.2) is 5.43 Å². The van der Waals surface area contributed by atoms with E-state index >= 15 is 0 Å². The molecule has 2 aromatic carbocycles. The number of nitrogens with one attached hydrogen (secondary N) is 1. The number of nitro groups is 1. The summed E-state index contributed by atoms with van der Waals surface area (Å²) in [6, 6.07) is 15.1. The number of nitrogens with zero attached hydrogens (tertiary/aromatic N) is 2. The van der Waals surface area contributed by atoms with Crippen LogP contribution in [0.1, 0.15) is 22.8 Å². The Kier molecular flexibility index (Phi) is 5.35. The second-order valence-electron chi connectivity index (χ2n) is 4.80. The van der Waals surface area contributed by atoms with E-state index in [-0.39, 0.29) is 5.69 Å².